The summed E-state index contributed by atoms with van der Waals surface area (Å²) in [6.07, 6.45) is 2.97. The Hall–Kier alpha value is -2.42. The van der Waals surface area contributed by atoms with Gasteiger partial charge in [0.2, 0.25) is 0 Å². The van der Waals surface area contributed by atoms with E-state index in [9.17, 15) is 20.0 Å². The number of allylic oxidation sites excluding steroid dienone is 2. The molecule has 6 heteroatoms. The van der Waals surface area contributed by atoms with Crippen LogP contribution in [-0.2, 0) is 23.7 Å². The summed E-state index contributed by atoms with van der Waals surface area (Å²) in [7, 11) is 1.62. The van der Waals surface area contributed by atoms with E-state index in [0.29, 0.717) is 18.5 Å². The van der Waals surface area contributed by atoms with Gasteiger partial charge in [-0.1, -0.05) is 26.8 Å². The van der Waals surface area contributed by atoms with Crippen molar-refractivity contribution < 1.29 is 14.7 Å². The van der Waals surface area contributed by atoms with E-state index in [0.717, 1.165) is 5.56 Å². The maximum Gasteiger partial charge on any atom is 0.354 e. The van der Waals surface area contributed by atoms with Gasteiger partial charge in [-0.05, 0) is 18.8 Å². The van der Waals surface area contributed by atoms with Crippen LogP contribution < -0.4 is 0 Å². The second-order valence-electron chi connectivity index (χ2n) is 7.20. The van der Waals surface area contributed by atoms with Crippen molar-refractivity contribution >= 4 is 11.8 Å². The Kier molecular flexibility index (Phi) is 3.06. The zero-order valence-electron chi connectivity index (χ0n) is 13.7. The van der Waals surface area contributed by atoms with Crippen molar-refractivity contribution in [1.82, 2.24) is 9.78 Å². The highest BCUT2D eigenvalue weighted by Gasteiger charge is 2.55. The van der Waals surface area contributed by atoms with Gasteiger partial charge in [-0.3, -0.25) is 9.48 Å². The fourth-order valence-corrected chi connectivity index (χ4v) is 4.49. The molecule has 2 atom stereocenters. The van der Waals surface area contributed by atoms with Gasteiger partial charge in [0.05, 0.1) is 11.3 Å². The molecule has 0 saturated heterocycles. The lowest BCUT2D eigenvalue weighted by molar-refractivity contribution is -0.128. The monoisotopic (exact) mass is 313 g/mol. The fourth-order valence-electron chi connectivity index (χ4n) is 4.49. The van der Waals surface area contributed by atoms with Crippen LogP contribution in [0.1, 0.15) is 48.9 Å². The number of hydrogen-bond donors (Lipinski definition) is 1. The minimum Gasteiger partial charge on any atom is -0.477 e. The summed E-state index contributed by atoms with van der Waals surface area (Å²) in [5.41, 5.74) is 0.458. The number of ketones is 1. The van der Waals surface area contributed by atoms with Gasteiger partial charge in [0.25, 0.3) is 0 Å². The predicted octanol–water partition coefficient (Wildman–Crippen LogP) is 2.00. The van der Waals surface area contributed by atoms with Crippen molar-refractivity contribution in [1.29, 1.82) is 5.26 Å². The fraction of sp³-hybridized carbons (Fsp3) is 0.529. The topological polar surface area (TPSA) is 96.0 Å². The van der Waals surface area contributed by atoms with Crippen molar-refractivity contribution in [2.24, 2.45) is 18.4 Å². The van der Waals surface area contributed by atoms with Crippen LogP contribution in [0.3, 0.4) is 0 Å². The van der Waals surface area contributed by atoms with Gasteiger partial charge in [0.1, 0.15) is 11.8 Å². The summed E-state index contributed by atoms with van der Waals surface area (Å²) in [6.45, 7) is 5.70. The minimum atomic E-state index is -1.00. The average molecular weight is 313 g/mol. The molecule has 0 unspecified atom stereocenters. The van der Waals surface area contributed by atoms with Gasteiger partial charge in [-0.15, -0.1) is 0 Å². The first-order valence-electron chi connectivity index (χ1n) is 7.62. The van der Waals surface area contributed by atoms with Crippen molar-refractivity contribution in [2.45, 2.75) is 39.0 Å². The molecular weight excluding hydrogens is 294 g/mol. The van der Waals surface area contributed by atoms with Crippen LogP contribution in [0, 0.1) is 22.7 Å². The number of aryl methyl sites for hydroxylation is 1. The van der Waals surface area contributed by atoms with Crippen molar-refractivity contribution in [3.63, 3.8) is 0 Å². The second kappa shape index (κ2) is 4.54. The number of carboxylic acids is 1. The molecule has 1 N–H and O–H groups in total. The van der Waals surface area contributed by atoms with E-state index in [2.05, 4.69) is 5.10 Å². The zero-order valence-corrected chi connectivity index (χ0v) is 13.7. The first-order valence-corrected chi connectivity index (χ1v) is 7.62. The summed E-state index contributed by atoms with van der Waals surface area (Å²) in [6, 6.07) is 2.00. The van der Waals surface area contributed by atoms with Crippen LogP contribution >= 0.6 is 0 Å². The van der Waals surface area contributed by atoms with E-state index < -0.39 is 16.8 Å². The van der Waals surface area contributed by atoms with Gasteiger partial charge in [0.15, 0.2) is 5.78 Å². The molecule has 23 heavy (non-hydrogen) atoms. The molecule has 2 aliphatic carbocycles. The normalized spacial score (nSPS) is 28.4. The molecule has 120 valence electrons. The Bertz CT molecular complexity index is 810. The molecule has 0 fully saturated rings. The van der Waals surface area contributed by atoms with Crippen LogP contribution in [0.4, 0.5) is 0 Å². The molecule has 3 rings (SSSR count). The first kappa shape index (κ1) is 15.5. The highest BCUT2D eigenvalue weighted by Crippen LogP contribution is 2.54. The van der Waals surface area contributed by atoms with Gasteiger partial charge in [-0.2, -0.15) is 10.4 Å². The van der Waals surface area contributed by atoms with Crippen molar-refractivity contribution in [2.75, 3.05) is 0 Å². The van der Waals surface area contributed by atoms with E-state index in [1.165, 1.54) is 4.68 Å². The molecule has 6 nitrogen and oxygen atoms in total. The summed E-state index contributed by atoms with van der Waals surface area (Å²) in [4.78, 5) is 24.1. The van der Waals surface area contributed by atoms with Crippen molar-refractivity contribution in [3.8, 4) is 6.07 Å². The van der Waals surface area contributed by atoms with E-state index in [-0.39, 0.29) is 23.0 Å². The Morgan fingerprint density at radius 2 is 2.13 bits per heavy atom. The SMILES string of the molecule is Cn1nc2c(c1C(=O)O)CC[C@H]1C(C)(C)C(=O)C(C#N)=C[C@]21C. The van der Waals surface area contributed by atoms with Gasteiger partial charge in [0, 0.05) is 23.4 Å². The second-order valence-corrected chi connectivity index (χ2v) is 7.20. The molecule has 1 aromatic heterocycles. The molecule has 0 aromatic carbocycles. The lowest BCUT2D eigenvalue weighted by atomic mass is 9.52. The Morgan fingerprint density at radius 1 is 1.48 bits per heavy atom. The number of hydrogen-bond acceptors (Lipinski definition) is 4. The number of fused-ring (bicyclic) bond motifs is 3. The van der Waals surface area contributed by atoms with E-state index in [4.69, 9.17) is 0 Å². The lowest BCUT2D eigenvalue weighted by Crippen LogP contribution is -2.51. The Labute approximate surface area is 134 Å². The third-order valence-corrected chi connectivity index (χ3v) is 5.53. The van der Waals surface area contributed by atoms with Crippen molar-refractivity contribution in [3.05, 3.63) is 28.6 Å². The van der Waals surface area contributed by atoms with Crippen LogP contribution in [0.5, 0.6) is 0 Å². The van der Waals surface area contributed by atoms with E-state index >= 15 is 0 Å². The molecule has 0 spiro atoms. The quantitative estimate of drug-likeness (QED) is 0.855. The smallest absolute Gasteiger partial charge is 0.354 e. The number of nitrogens with zero attached hydrogens (tertiary/aromatic N) is 3. The Morgan fingerprint density at radius 3 is 2.70 bits per heavy atom. The molecule has 2 aliphatic rings. The highest BCUT2D eigenvalue weighted by atomic mass is 16.4. The number of aromatic carboxylic acids is 1. The van der Waals surface area contributed by atoms with Gasteiger partial charge in [-0.25, -0.2) is 4.79 Å². The number of Topliss-reactive ketones (excluding diaryl/α,β-unsaturated/α-hetero) is 1. The highest BCUT2D eigenvalue weighted by molar-refractivity contribution is 6.04. The number of carboxylic acid groups (broad SMARTS) is 1. The molecule has 0 bridgehead atoms. The third kappa shape index (κ3) is 1.83. The standard InChI is InChI=1S/C17H19N3O3/c1-16(2)11-6-5-10-12(15(22)23)20(4)19-13(10)17(11,3)7-9(8-18)14(16)21/h7,11H,5-6H2,1-4H3,(H,22,23)/t11-,17-/m0/s1. The molecular formula is C17H19N3O3. The minimum absolute atomic E-state index is 0.0105. The first-order chi connectivity index (χ1) is 10.6. The molecule has 0 amide bonds. The molecule has 1 aromatic rings. The average Bonchev–Trinajstić information content (AvgIpc) is 2.80. The van der Waals surface area contributed by atoms with Crippen LogP contribution in [0.15, 0.2) is 11.6 Å². The van der Waals surface area contributed by atoms with Crippen LogP contribution in [-0.4, -0.2) is 26.6 Å². The lowest BCUT2D eigenvalue weighted by Gasteiger charge is -2.49. The summed E-state index contributed by atoms with van der Waals surface area (Å²) < 4.78 is 1.39. The number of carbonyl (C=O) groups is 2. The maximum atomic E-state index is 12.6. The van der Waals surface area contributed by atoms with Gasteiger partial charge >= 0.3 is 5.97 Å². The Balaban J connectivity index is 2.31. The van der Waals surface area contributed by atoms with Crippen LogP contribution in [0.25, 0.3) is 0 Å². The molecule has 0 aliphatic heterocycles. The molecule has 0 saturated carbocycles. The molecule has 1 heterocycles. The van der Waals surface area contributed by atoms with E-state index in [1.54, 1.807) is 13.1 Å². The number of carbonyl (C=O) groups excluding carboxylic acids is 1. The molecule has 0 radical (unpaired) electrons. The number of aromatic nitrogens is 2. The predicted molar refractivity (Wildman–Crippen MR) is 81.8 cm³/mol. The van der Waals surface area contributed by atoms with Gasteiger partial charge < -0.3 is 5.11 Å². The van der Waals surface area contributed by atoms with E-state index in [1.807, 2.05) is 26.8 Å². The summed E-state index contributed by atoms with van der Waals surface area (Å²) >= 11 is 0. The van der Waals surface area contributed by atoms with Crippen LogP contribution in [0.2, 0.25) is 0 Å². The largest absolute Gasteiger partial charge is 0.477 e. The summed E-state index contributed by atoms with van der Waals surface area (Å²) in [5, 5.41) is 23.2. The number of rotatable bonds is 1. The summed E-state index contributed by atoms with van der Waals surface area (Å²) in [5.74, 6) is -1.15. The zero-order chi connectivity index (χ0) is 17.2. The maximum absolute atomic E-state index is 12.6. The number of nitriles is 1. The third-order valence-electron chi connectivity index (χ3n) is 5.53.